The maximum absolute atomic E-state index is 14.8. The van der Waals surface area contributed by atoms with Crippen LogP contribution in [-0.2, 0) is 17.3 Å². The van der Waals surface area contributed by atoms with Crippen LogP contribution in [-0.4, -0.2) is 103 Å². The first-order chi connectivity index (χ1) is 20.7. The van der Waals surface area contributed by atoms with Crippen molar-refractivity contribution >= 4 is 44.9 Å². The predicted octanol–water partition coefficient (Wildman–Crippen LogP) is 2.47. The van der Waals surface area contributed by atoms with Gasteiger partial charge in [-0.15, -0.1) is 0 Å². The molecule has 1 atom stereocenters. The van der Waals surface area contributed by atoms with Crippen LogP contribution in [0.15, 0.2) is 47.2 Å². The maximum Gasteiger partial charge on any atom is 0.256 e. The average Bonchev–Trinajstić information content (AvgIpc) is 3.75. The monoisotopic (exact) mass is 611 g/mol. The molecule has 1 saturated heterocycles. The molecule has 1 fully saturated rings. The van der Waals surface area contributed by atoms with Crippen molar-refractivity contribution < 1.29 is 22.2 Å². The van der Waals surface area contributed by atoms with E-state index in [0.717, 1.165) is 17.0 Å². The molecule has 1 aromatic carbocycles. The van der Waals surface area contributed by atoms with Gasteiger partial charge in [-0.2, -0.15) is 19.7 Å². The van der Waals surface area contributed by atoms with Crippen molar-refractivity contribution in [2.24, 2.45) is 0 Å². The SMILES string of the molecule is CN(CC[S@@](C)=O)C(=O)c1cc(N2CCN(CCn3ncc4c3nc(N)n3nc(-c5ccco5)cc43)CC2)c(F)cc1F. The predicted molar refractivity (Wildman–Crippen MR) is 159 cm³/mol. The van der Waals surface area contributed by atoms with Gasteiger partial charge < -0.3 is 20.0 Å². The average molecular weight is 612 g/mol. The molecule has 5 aromatic rings. The van der Waals surface area contributed by atoms with Gasteiger partial charge in [0.1, 0.15) is 17.3 Å². The van der Waals surface area contributed by atoms with Gasteiger partial charge in [0.25, 0.3) is 5.91 Å². The van der Waals surface area contributed by atoms with E-state index in [0.29, 0.717) is 56.4 Å². The second-order valence-corrected chi connectivity index (χ2v) is 12.0. The van der Waals surface area contributed by atoms with Gasteiger partial charge in [0.15, 0.2) is 11.4 Å². The third-order valence-electron chi connectivity index (χ3n) is 7.68. The number of rotatable bonds is 9. The third kappa shape index (κ3) is 5.69. The highest BCUT2D eigenvalue weighted by atomic mass is 32.2. The first kappa shape index (κ1) is 28.7. The minimum Gasteiger partial charge on any atom is -0.463 e. The van der Waals surface area contributed by atoms with Gasteiger partial charge in [-0.1, -0.05) is 0 Å². The Morgan fingerprint density at radius 3 is 2.65 bits per heavy atom. The zero-order chi connectivity index (χ0) is 30.2. The Morgan fingerprint density at radius 2 is 1.93 bits per heavy atom. The number of benzene rings is 1. The van der Waals surface area contributed by atoms with Crippen LogP contribution in [0.2, 0.25) is 0 Å². The molecule has 12 nitrogen and oxygen atoms in total. The first-order valence-corrected chi connectivity index (χ1v) is 15.5. The lowest BCUT2D eigenvalue weighted by atomic mass is 10.1. The van der Waals surface area contributed by atoms with E-state index in [1.54, 1.807) is 27.7 Å². The molecule has 4 aromatic heterocycles. The van der Waals surface area contributed by atoms with Gasteiger partial charge in [-0.05, 0) is 24.3 Å². The molecule has 0 aliphatic carbocycles. The summed E-state index contributed by atoms with van der Waals surface area (Å²) in [4.78, 5) is 22.7. The first-order valence-electron chi connectivity index (χ1n) is 13.8. The fourth-order valence-electron chi connectivity index (χ4n) is 5.25. The zero-order valence-corrected chi connectivity index (χ0v) is 24.6. The Bertz CT molecular complexity index is 1810. The molecule has 0 bridgehead atoms. The number of fused-ring (bicyclic) bond motifs is 3. The number of hydrogen-bond donors (Lipinski definition) is 1. The molecule has 1 aliphatic heterocycles. The number of nitrogen functional groups attached to an aromatic ring is 1. The Kier molecular flexibility index (Phi) is 7.83. The van der Waals surface area contributed by atoms with E-state index in [1.165, 1.54) is 24.3 Å². The number of hydrogen-bond acceptors (Lipinski definition) is 9. The van der Waals surface area contributed by atoms with Crippen molar-refractivity contribution in [3.05, 3.63) is 60.0 Å². The number of anilines is 2. The summed E-state index contributed by atoms with van der Waals surface area (Å²) in [5, 5.41) is 9.88. The minimum atomic E-state index is -1.09. The molecular weight excluding hydrogens is 580 g/mol. The van der Waals surface area contributed by atoms with E-state index in [9.17, 15) is 17.8 Å². The Morgan fingerprint density at radius 1 is 1.14 bits per heavy atom. The number of amides is 1. The van der Waals surface area contributed by atoms with Gasteiger partial charge in [0, 0.05) is 75.2 Å². The second-order valence-electron chi connectivity index (χ2n) is 10.5. The van der Waals surface area contributed by atoms with Gasteiger partial charge in [-0.25, -0.2) is 13.5 Å². The molecule has 0 radical (unpaired) electrons. The van der Waals surface area contributed by atoms with E-state index in [2.05, 4.69) is 20.1 Å². The largest absolute Gasteiger partial charge is 0.463 e. The molecule has 1 aliphatic rings. The molecule has 1 amide bonds. The molecule has 226 valence electrons. The maximum atomic E-state index is 14.8. The van der Waals surface area contributed by atoms with E-state index in [-0.39, 0.29) is 29.5 Å². The summed E-state index contributed by atoms with van der Waals surface area (Å²) in [7, 11) is 0.422. The van der Waals surface area contributed by atoms with Crippen LogP contribution in [0.25, 0.3) is 28.0 Å². The molecule has 15 heteroatoms. The number of carbonyl (C=O) groups excluding carboxylic acids is 1. The molecule has 5 heterocycles. The Labute approximate surface area is 248 Å². The van der Waals surface area contributed by atoms with Gasteiger partial charge in [0.2, 0.25) is 5.95 Å². The lowest BCUT2D eigenvalue weighted by Gasteiger charge is -2.36. The molecule has 0 unspecified atom stereocenters. The van der Waals surface area contributed by atoms with Gasteiger partial charge in [0.05, 0.1) is 41.2 Å². The molecular formula is C28H31F2N9O3S. The van der Waals surface area contributed by atoms with Crippen LogP contribution in [0.1, 0.15) is 10.4 Å². The summed E-state index contributed by atoms with van der Waals surface area (Å²) in [5.74, 6) is -1.06. The van der Waals surface area contributed by atoms with Crippen molar-refractivity contribution in [3.63, 3.8) is 0 Å². The molecule has 6 rings (SSSR count). The number of carbonyl (C=O) groups is 1. The van der Waals surface area contributed by atoms with Crippen LogP contribution in [0.3, 0.4) is 0 Å². The number of halogens is 2. The van der Waals surface area contributed by atoms with E-state index >= 15 is 0 Å². The van der Waals surface area contributed by atoms with Crippen LogP contribution in [0.5, 0.6) is 0 Å². The van der Waals surface area contributed by atoms with Crippen molar-refractivity contribution in [2.45, 2.75) is 6.54 Å². The van der Waals surface area contributed by atoms with E-state index in [1.807, 2.05) is 17.0 Å². The summed E-state index contributed by atoms with van der Waals surface area (Å²) in [5.41, 5.74) is 8.29. The molecule has 0 saturated carbocycles. The number of aromatic nitrogens is 5. The fourth-order valence-corrected chi connectivity index (χ4v) is 5.79. The summed E-state index contributed by atoms with van der Waals surface area (Å²) in [6, 6.07) is 7.55. The summed E-state index contributed by atoms with van der Waals surface area (Å²) >= 11 is 0. The lowest BCUT2D eigenvalue weighted by Crippen LogP contribution is -2.47. The standard InChI is InChI=1S/C28H31F2N9O3S/c1-35(11-13-43(2)41)27(40)18-14-24(21(30)15-20(18)29)37-8-5-36(6-9-37)7-10-38-26-19(17-32-38)23-16-22(25-4-3-12-42-25)34-39(23)28(31)33-26/h3-4,12,14-17H,5-11,13H2,1-2H3,(H2,31,33)/t43-/m1/s1. The van der Waals surface area contributed by atoms with Crippen LogP contribution < -0.4 is 10.6 Å². The van der Waals surface area contributed by atoms with Crippen molar-refractivity contribution in [1.82, 2.24) is 34.2 Å². The van der Waals surface area contributed by atoms with E-state index < -0.39 is 28.3 Å². The zero-order valence-electron chi connectivity index (χ0n) is 23.7. The quantitative estimate of drug-likeness (QED) is 0.267. The van der Waals surface area contributed by atoms with Crippen LogP contribution in [0, 0.1) is 11.6 Å². The van der Waals surface area contributed by atoms with Crippen LogP contribution >= 0.6 is 0 Å². The highest BCUT2D eigenvalue weighted by Crippen LogP contribution is 2.28. The third-order valence-corrected chi connectivity index (χ3v) is 8.43. The molecule has 0 spiro atoms. The van der Waals surface area contributed by atoms with Gasteiger partial charge >= 0.3 is 0 Å². The Hall–Kier alpha value is -4.37. The summed E-state index contributed by atoms with van der Waals surface area (Å²) in [6.07, 6.45) is 4.87. The summed E-state index contributed by atoms with van der Waals surface area (Å²) < 4.78 is 49.7. The normalized spacial score (nSPS) is 15.0. The fraction of sp³-hybridized carbons (Fsp3) is 0.357. The van der Waals surface area contributed by atoms with Crippen molar-refractivity contribution in [1.29, 1.82) is 0 Å². The number of nitrogens with zero attached hydrogens (tertiary/aromatic N) is 8. The Balaban J connectivity index is 1.11. The van der Waals surface area contributed by atoms with Crippen molar-refractivity contribution in [2.75, 3.05) is 69.0 Å². The number of nitrogens with two attached hydrogens (primary N) is 1. The molecule has 43 heavy (non-hydrogen) atoms. The molecule has 2 N–H and O–H groups in total. The highest BCUT2D eigenvalue weighted by molar-refractivity contribution is 7.84. The summed E-state index contributed by atoms with van der Waals surface area (Å²) in [6.45, 7) is 3.71. The number of piperazine rings is 1. The van der Waals surface area contributed by atoms with Gasteiger partial charge in [-0.3, -0.25) is 13.9 Å². The number of furan rings is 1. The van der Waals surface area contributed by atoms with Crippen molar-refractivity contribution in [3.8, 4) is 11.5 Å². The second kappa shape index (κ2) is 11.7. The van der Waals surface area contributed by atoms with Crippen LogP contribution in [0.4, 0.5) is 20.4 Å². The minimum absolute atomic E-state index is 0.188. The topological polar surface area (TPSA) is 131 Å². The smallest absolute Gasteiger partial charge is 0.256 e. The lowest BCUT2D eigenvalue weighted by molar-refractivity contribution is 0.0799. The highest BCUT2D eigenvalue weighted by Gasteiger charge is 2.25. The van der Waals surface area contributed by atoms with E-state index in [4.69, 9.17) is 10.2 Å².